The van der Waals surface area contributed by atoms with Crippen molar-refractivity contribution >= 4 is 23.4 Å². The Morgan fingerprint density at radius 3 is 2.94 bits per heavy atom. The second kappa shape index (κ2) is 4.56. The van der Waals surface area contributed by atoms with Crippen molar-refractivity contribution in [3.05, 3.63) is 23.9 Å². The van der Waals surface area contributed by atoms with Crippen molar-refractivity contribution in [2.75, 3.05) is 16.8 Å². The van der Waals surface area contributed by atoms with Crippen LogP contribution in [0.3, 0.4) is 0 Å². The molecule has 3 rings (SSSR count). The second-order valence-electron chi connectivity index (χ2n) is 4.40. The van der Waals surface area contributed by atoms with Crippen LogP contribution in [-0.4, -0.2) is 32.1 Å². The summed E-state index contributed by atoms with van der Waals surface area (Å²) in [6.45, 7) is 2.04. The monoisotopic (exact) mass is 248 g/mol. The van der Waals surface area contributed by atoms with E-state index < -0.39 is 0 Å². The van der Waals surface area contributed by atoms with Gasteiger partial charge in [0.15, 0.2) is 5.65 Å². The van der Waals surface area contributed by atoms with Crippen molar-refractivity contribution < 1.29 is 0 Å². The van der Waals surface area contributed by atoms with E-state index >= 15 is 0 Å². The third-order valence-corrected chi connectivity index (χ3v) is 4.15. The molecule has 4 nitrogen and oxygen atoms in total. The van der Waals surface area contributed by atoms with Crippen LogP contribution < -0.4 is 5.32 Å². The van der Waals surface area contributed by atoms with E-state index in [1.165, 1.54) is 24.3 Å². The molecule has 5 heteroatoms. The molecule has 17 heavy (non-hydrogen) atoms. The molecular formula is C12H16N4S. The summed E-state index contributed by atoms with van der Waals surface area (Å²) in [5, 5.41) is 7.94. The molecule has 0 spiro atoms. The quantitative estimate of drug-likeness (QED) is 0.886. The number of pyridine rings is 1. The van der Waals surface area contributed by atoms with E-state index in [2.05, 4.69) is 15.4 Å². The Balaban J connectivity index is 1.83. The molecule has 0 aliphatic carbocycles. The zero-order chi connectivity index (χ0) is 11.7. The predicted octanol–water partition coefficient (Wildman–Crippen LogP) is 2.35. The van der Waals surface area contributed by atoms with Crippen molar-refractivity contribution in [1.29, 1.82) is 0 Å². The van der Waals surface area contributed by atoms with Crippen LogP contribution in [0.1, 0.15) is 18.5 Å². The summed E-state index contributed by atoms with van der Waals surface area (Å²) in [6, 6.07) is 6.58. The maximum atomic E-state index is 4.50. The number of nitrogens with one attached hydrogen (secondary N) is 1. The molecule has 2 aromatic heterocycles. The first kappa shape index (κ1) is 10.9. The lowest BCUT2D eigenvalue weighted by Gasteiger charge is -2.21. The lowest BCUT2D eigenvalue weighted by atomic mass is 10.2. The Bertz CT molecular complexity index is 516. The fourth-order valence-electron chi connectivity index (χ4n) is 2.12. The number of fused-ring (bicyclic) bond motifs is 1. The molecule has 1 fully saturated rings. The van der Waals surface area contributed by atoms with E-state index in [1.54, 1.807) is 0 Å². The maximum absolute atomic E-state index is 4.50. The molecule has 1 N–H and O–H groups in total. The van der Waals surface area contributed by atoms with E-state index in [0.717, 1.165) is 17.3 Å². The average Bonchev–Trinajstić information content (AvgIpc) is 2.74. The van der Waals surface area contributed by atoms with Gasteiger partial charge >= 0.3 is 0 Å². The second-order valence-corrected chi connectivity index (χ2v) is 5.63. The highest BCUT2D eigenvalue weighted by atomic mass is 32.2. The number of rotatable bonds is 2. The number of aryl methyl sites for hydroxylation is 1. The van der Waals surface area contributed by atoms with Crippen LogP contribution in [0.2, 0.25) is 0 Å². The molecule has 0 amide bonds. The van der Waals surface area contributed by atoms with Crippen molar-refractivity contribution in [3.63, 3.8) is 0 Å². The summed E-state index contributed by atoms with van der Waals surface area (Å²) in [5.74, 6) is 3.24. The fourth-order valence-corrected chi connectivity index (χ4v) is 3.23. The Morgan fingerprint density at radius 1 is 1.35 bits per heavy atom. The van der Waals surface area contributed by atoms with Gasteiger partial charge in [0, 0.05) is 11.7 Å². The normalized spacial score (nSPS) is 17.5. The minimum absolute atomic E-state index is 0.536. The highest BCUT2D eigenvalue weighted by molar-refractivity contribution is 7.99. The van der Waals surface area contributed by atoms with Crippen LogP contribution in [0.25, 0.3) is 5.65 Å². The number of hydrogen-bond donors (Lipinski definition) is 1. The Hall–Kier alpha value is -1.23. The van der Waals surface area contributed by atoms with E-state index in [4.69, 9.17) is 0 Å². The molecule has 1 saturated heterocycles. The summed E-state index contributed by atoms with van der Waals surface area (Å²) >= 11 is 2.03. The minimum Gasteiger partial charge on any atom is -0.350 e. The van der Waals surface area contributed by atoms with Crippen LogP contribution in [-0.2, 0) is 0 Å². The van der Waals surface area contributed by atoms with Gasteiger partial charge in [-0.15, -0.1) is 5.10 Å². The minimum atomic E-state index is 0.536. The SMILES string of the molecule is Cc1cccc2nc(NC3CCSCC3)nn12. The summed E-state index contributed by atoms with van der Waals surface area (Å²) in [4.78, 5) is 4.50. The van der Waals surface area contributed by atoms with E-state index in [1.807, 2.05) is 41.4 Å². The van der Waals surface area contributed by atoms with Crippen molar-refractivity contribution in [2.45, 2.75) is 25.8 Å². The lowest BCUT2D eigenvalue weighted by Crippen LogP contribution is -2.25. The van der Waals surface area contributed by atoms with Crippen LogP contribution >= 0.6 is 11.8 Å². The Labute approximate surface area is 105 Å². The molecule has 0 saturated carbocycles. The van der Waals surface area contributed by atoms with Crippen LogP contribution in [0.5, 0.6) is 0 Å². The number of aromatic nitrogens is 3. The highest BCUT2D eigenvalue weighted by Crippen LogP contribution is 2.20. The number of anilines is 1. The largest absolute Gasteiger partial charge is 0.350 e. The average molecular weight is 248 g/mol. The lowest BCUT2D eigenvalue weighted by molar-refractivity contribution is 0.659. The molecule has 90 valence electrons. The number of hydrogen-bond acceptors (Lipinski definition) is 4. The molecule has 0 unspecified atom stereocenters. The zero-order valence-electron chi connectivity index (χ0n) is 9.89. The van der Waals surface area contributed by atoms with E-state index in [-0.39, 0.29) is 0 Å². The van der Waals surface area contributed by atoms with Gasteiger partial charge in [0.25, 0.3) is 0 Å². The van der Waals surface area contributed by atoms with Gasteiger partial charge in [0.2, 0.25) is 5.95 Å². The predicted molar refractivity (Wildman–Crippen MR) is 71.7 cm³/mol. The van der Waals surface area contributed by atoms with Crippen LogP contribution in [0.15, 0.2) is 18.2 Å². The number of thioether (sulfide) groups is 1. The van der Waals surface area contributed by atoms with Crippen LogP contribution in [0.4, 0.5) is 5.95 Å². The van der Waals surface area contributed by atoms with Gasteiger partial charge in [-0.05, 0) is 43.4 Å². The third kappa shape index (κ3) is 2.24. The maximum Gasteiger partial charge on any atom is 0.243 e. The first-order valence-electron chi connectivity index (χ1n) is 5.99. The molecular weight excluding hydrogens is 232 g/mol. The molecule has 1 aliphatic rings. The molecule has 0 bridgehead atoms. The van der Waals surface area contributed by atoms with Gasteiger partial charge < -0.3 is 5.32 Å². The van der Waals surface area contributed by atoms with Gasteiger partial charge in [-0.2, -0.15) is 16.7 Å². The van der Waals surface area contributed by atoms with Gasteiger partial charge in [-0.3, -0.25) is 0 Å². The van der Waals surface area contributed by atoms with Gasteiger partial charge in [-0.25, -0.2) is 4.52 Å². The first-order chi connectivity index (χ1) is 8.33. The topological polar surface area (TPSA) is 42.2 Å². The molecule has 0 radical (unpaired) electrons. The molecule has 3 heterocycles. The Morgan fingerprint density at radius 2 is 2.18 bits per heavy atom. The van der Waals surface area contributed by atoms with Gasteiger partial charge in [0.05, 0.1) is 0 Å². The van der Waals surface area contributed by atoms with E-state index in [0.29, 0.717) is 6.04 Å². The zero-order valence-corrected chi connectivity index (χ0v) is 10.7. The molecule has 0 aromatic carbocycles. The van der Waals surface area contributed by atoms with Gasteiger partial charge in [0.1, 0.15) is 0 Å². The van der Waals surface area contributed by atoms with Crippen molar-refractivity contribution in [1.82, 2.24) is 14.6 Å². The standard InChI is InChI=1S/C12H16N4S/c1-9-3-2-4-11-14-12(15-16(9)11)13-10-5-7-17-8-6-10/h2-4,10H,5-8H2,1H3,(H,13,15). The van der Waals surface area contributed by atoms with Crippen molar-refractivity contribution in [2.24, 2.45) is 0 Å². The van der Waals surface area contributed by atoms with Crippen molar-refractivity contribution in [3.8, 4) is 0 Å². The summed E-state index contributed by atoms with van der Waals surface area (Å²) in [5.41, 5.74) is 2.03. The summed E-state index contributed by atoms with van der Waals surface area (Å²) < 4.78 is 1.89. The first-order valence-corrected chi connectivity index (χ1v) is 7.15. The summed E-state index contributed by atoms with van der Waals surface area (Å²) in [7, 11) is 0. The highest BCUT2D eigenvalue weighted by Gasteiger charge is 2.15. The molecule has 2 aromatic rings. The summed E-state index contributed by atoms with van der Waals surface area (Å²) in [6.07, 6.45) is 2.42. The smallest absolute Gasteiger partial charge is 0.243 e. The van der Waals surface area contributed by atoms with Gasteiger partial charge in [-0.1, -0.05) is 6.07 Å². The van der Waals surface area contributed by atoms with E-state index in [9.17, 15) is 0 Å². The fraction of sp³-hybridized carbons (Fsp3) is 0.500. The van der Waals surface area contributed by atoms with Crippen LogP contribution in [0, 0.1) is 6.92 Å². The Kier molecular flexibility index (Phi) is 2.93. The third-order valence-electron chi connectivity index (χ3n) is 3.10. The molecule has 0 atom stereocenters. The molecule has 1 aliphatic heterocycles. The number of nitrogens with zero attached hydrogens (tertiary/aromatic N) is 3.